The second kappa shape index (κ2) is 16.6. The molecule has 0 heterocycles. The first-order valence-electron chi connectivity index (χ1n) is 13.4. The highest BCUT2D eigenvalue weighted by Crippen LogP contribution is 2.30. The number of rotatable bonds is 12. The number of carbonyl (C=O) groups is 1. The van der Waals surface area contributed by atoms with Crippen molar-refractivity contribution in [1.82, 2.24) is 10.0 Å². The number of hydrogen-bond donors (Lipinski definition) is 4. The first-order valence-corrected chi connectivity index (χ1v) is 15.3. The molecule has 11 heteroatoms. The number of amides is 1. The van der Waals surface area contributed by atoms with Gasteiger partial charge in [0.1, 0.15) is 12.4 Å². The third kappa shape index (κ3) is 10.8. The summed E-state index contributed by atoms with van der Waals surface area (Å²) in [5, 5.41) is 16.9. The molecule has 4 rings (SSSR count). The highest BCUT2D eigenvalue weighted by molar-refractivity contribution is 7.89. The Morgan fingerprint density at radius 2 is 1.61 bits per heavy atom. The Kier molecular flexibility index (Phi) is 13.9. The van der Waals surface area contributed by atoms with Crippen molar-refractivity contribution in [2.24, 2.45) is 0 Å². The fourth-order valence-electron chi connectivity index (χ4n) is 4.75. The first kappa shape index (κ1) is 34.4. The molecule has 0 aromatic heterocycles. The number of aliphatic hydroxyl groups is 1. The lowest BCUT2D eigenvalue weighted by Crippen LogP contribution is -2.31. The Hall–Kier alpha value is -2.82. The molecule has 4 N–H and O–H groups in total. The number of benzene rings is 3. The summed E-state index contributed by atoms with van der Waals surface area (Å²) in [6, 6.07) is 22.9. The second-order valence-electron chi connectivity index (χ2n) is 9.95. The molecule has 3 aromatic rings. The Balaban J connectivity index is 0.00000294. The van der Waals surface area contributed by atoms with Gasteiger partial charge in [-0.2, -0.15) is 0 Å². The van der Waals surface area contributed by atoms with Crippen LogP contribution in [0.1, 0.15) is 54.1 Å². The van der Waals surface area contributed by atoms with Crippen LogP contribution in [0.3, 0.4) is 0 Å². The summed E-state index contributed by atoms with van der Waals surface area (Å²) < 4.78 is 31.2. The lowest BCUT2D eigenvalue weighted by molar-refractivity contribution is 0.0982. The van der Waals surface area contributed by atoms with Gasteiger partial charge in [-0.25, -0.2) is 13.1 Å². The maximum Gasteiger partial charge on any atom is 0.266 e. The number of ether oxygens (including phenoxy) is 1. The van der Waals surface area contributed by atoms with E-state index in [1.807, 2.05) is 66.7 Å². The van der Waals surface area contributed by atoms with E-state index in [4.69, 9.17) is 4.74 Å². The van der Waals surface area contributed by atoms with E-state index >= 15 is 0 Å². The van der Waals surface area contributed by atoms with Crippen LogP contribution in [0.2, 0.25) is 0 Å². The third-order valence-electron chi connectivity index (χ3n) is 6.76. The molecule has 224 valence electrons. The lowest BCUT2D eigenvalue weighted by Gasteiger charge is -2.25. The predicted octanol–water partition coefficient (Wildman–Crippen LogP) is 5.33. The van der Waals surface area contributed by atoms with Crippen molar-refractivity contribution in [2.75, 3.05) is 31.3 Å². The Bertz CT molecular complexity index is 1340. The minimum Gasteiger partial charge on any atom is -0.492 e. The Morgan fingerprint density at radius 1 is 0.951 bits per heavy atom. The SMILES string of the molecule is CS(=O)(=O)NC(=O)c1ccc(-c2ccc(OCCNC[C@H](O)c3ccccc3)cc2)cc1NC1CCCCC1.Cl.Cl. The maximum atomic E-state index is 12.7. The molecule has 1 atom stereocenters. The molecule has 1 saturated carbocycles. The minimum atomic E-state index is -3.68. The summed E-state index contributed by atoms with van der Waals surface area (Å²) in [6.45, 7) is 1.50. The van der Waals surface area contributed by atoms with Gasteiger partial charge in [-0.05, 0) is 53.8 Å². The number of halogens is 2. The van der Waals surface area contributed by atoms with Crippen molar-refractivity contribution in [1.29, 1.82) is 0 Å². The van der Waals surface area contributed by atoms with Gasteiger partial charge < -0.3 is 20.5 Å². The van der Waals surface area contributed by atoms with Crippen LogP contribution in [0.25, 0.3) is 11.1 Å². The van der Waals surface area contributed by atoms with E-state index in [1.54, 1.807) is 6.07 Å². The van der Waals surface area contributed by atoms with Gasteiger partial charge in [-0.3, -0.25) is 4.79 Å². The van der Waals surface area contributed by atoms with Gasteiger partial charge in [-0.1, -0.05) is 67.8 Å². The molecular formula is C30H39Cl2N3O5S. The van der Waals surface area contributed by atoms with Crippen LogP contribution in [0.5, 0.6) is 5.75 Å². The fourth-order valence-corrected chi connectivity index (χ4v) is 5.19. The van der Waals surface area contributed by atoms with Crippen LogP contribution in [-0.2, 0) is 10.0 Å². The van der Waals surface area contributed by atoms with Gasteiger partial charge in [0.15, 0.2) is 0 Å². The summed E-state index contributed by atoms with van der Waals surface area (Å²) in [7, 11) is -3.68. The van der Waals surface area contributed by atoms with Gasteiger partial charge in [0.25, 0.3) is 5.91 Å². The van der Waals surface area contributed by atoms with E-state index in [-0.39, 0.29) is 30.9 Å². The molecule has 1 aliphatic carbocycles. The molecule has 8 nitrogen and oxygen atoms in total. The van der Waals surface area contributed by atoms with Gasteiger partial charge in [-0.15, -0.1) is 24.8 Å². The first-order chi connectivity index (χ1) is 18.8. The Labute approximate surface area is 255 Å². The monoisotopic (exact) mass is 623 g/mol. The van der Waals surface area contributed by atoms with E-state index in [1.165, 1.54) is 6.42 Å². The minimum absolute atomic E-state index is 0. The largest absolute Gasteiger partial charge is 0.492 e. The van der Waals surface area contributed by atoms with Crippen molar-refractivity contribution >= 4 is 46.4 Å². The number of aliphatic hydroxyl groups excluding tert-OH is 1. The molecule has 0 saturated heterocycles. The molecule has 3 aromatic carbocycles. The van der Waals surface area contributed by atoms with Crippen molar-refractivity contribution in [3.8, 4) is 16.9 Å². The van der Waals surface area contributed by atoms with Crippen LogP contribution in [-0.4, -0.2) is 51.4 Å². The smallest absolute Gasteiger partial charge is 0.266 e. The van der Waals surface area contributed by atoms with E-state index in [9.17, 15) is 18.3 Å². The molecular weight excluding hydrogens is 585 g/mol. The van der Waals surface area contributed by atoms with Crippen molar-refractivity contribution in [3.05, 3.63) is 83.9 Å². The average Bonchev–Trinajstić information content (AvgIpc) is 2.93. The quantitative estimate of drug-likeness (QED) is 0.201. The van der Waals surface area contributed by atoms with Crippen LogP contribution >= 0.6 is 24.8 Å². The van der Waals surface area contributed by atoms with Crippen molar-refractivity contribution < 1.29 is 23.1 Å². The zero-order valence-electron chi connectivity index (χ0n) is 23.0. The molecule has 0 unspecified atom stereocenters. The van der Waals surface area contributed by atoms with Crippen LogP contribution in [0.15, 0.2) is 72.8 Å². The summed E-state index contributed by atoms with van der Waals surface area (Å²) in [6.07, 6.45) is 5.92. The van der Waals surface area contributed by atoms with Gasteiger partial charge >= 0.3 is 0 Å². The normalized spacial score (nSPS) is 14.2. The number of nitrogens with one attached hydrogen (secondary N) is 3. The number of carbonyl (C=O) groups excluding carboxylic acids is 1. The summed E-state index contributed by atoms with van der Waals surface area (Å²) in [4.78, 5) is 12.7. The summed E-state index contributed by atoms with van der Waals surface area (Å²) in [5.41, 5.74) is 3.67. The maximum absolute atomic E-state index is 12.7. The third-order valence-corrected chi connectivity index (χ3v) is 7.32. The van der Waals surface area contributed by atoms with Crippen LogP contribution < -0.4 is 20.1 Å². The van der Waals surface area contributed by atoms with E-state index in [0.29, 0.717) is 30.9 Å². The molecule has 1 fully saturated rings. The number of sulfonamides is 1. The highest BCUT2D eigenvalue weighted by atomic mass is 35.5. The van der Waals surface area contributed by atoms with Gasteiger partial charge in [0.05, 0.1) is 17.9 Å². The highest BCUT2D eigenvalue weighted by Gasteiger charge is 2.20. The number of hydrogen-bond acceptors (Lipinski definition) is 7. The van der Waals surface area contributed by atoms with E-state index < -0.39 is 22.0 Å². The fraction of sp³-hybridized carbons (Fsp3) is 0.367. The molecule has 41 heavy (non-hydrogen) atoms. The van der Waals surface area contributed by atoms with E-state index in [0.717, 1.165) is 54.4 Å². The van der Waals surface area contributed by atoms with Crippen molar-refractivity contribution in [3.63, 3.8) is 0 Å². The topological polar surface area (TPSA) is 117 Å². The van der Waals surface area contributed by atoms with Crippen molar-refractivity contribution in [2.45, 2.75) is 44.2 Å². The number of anilines is 1. The van der Waals surface area contributed by atoms with Crippen LogP contribution in [0, 0.1) is 0 Å². The standard InChI is InChI=1S/C30H37N3O5S.2ClH/c1-39(36,37)33-30(35)27-17-14-24(20-28(27)32-25-10-6-3-7-11-25)22-12-15-26(16-13-22)38-19-18-31-21-29(34)23-8-4-2-5-9-23;;/h2,4-5,8-9,12-17,20,25,29,31-32,34H,3,6-7,10-11,18-19,21H2,1H3,(H,33,35);2*1H/t29-;;/m0../s1. The molecule has 0 aliphatic heterocycles. The summed E-state index contributed by atoms with van der Waals surface area (Å²) in [5.74, 6) is 0.0878. The summed E-state index contributed by atoms with van der Waals surface area (Å²) >= 11 is 0. The second-order valence-corrected chi connectivity index (χ2v) is 11.7. The Morgan fingerprint density at radius 3 is 2.27 bits per heavy atom. The zero-order valence-corrected chi connectivity index (χ0v) is 25.5. The van der Waals surface area contributed by atoms with Gasteiger partial charge in [0.2, 0.25) is 10.0 Å². The molecule has 1 amide bonds. The van der Waals surface area contributed by atoms with E-state index in [2.05, 4.69) is 15.4 Å². The average molecular weight is 625 g/mol. The molecule has 1 aliphatic rings. The lowest BCUT2D eigenvalue weighted by atomic mass is 9.94. The molecule has 0 radical (unpaired) electrons. The zero-order chi connectivity index (χ0) is 27.7. The molecule has 0 bridgehead atoms. The molecule has 0 spiro atoms. The predicted molar refractivity (Wildman–Crippen MR) is 169 cm³/mol. The van der Waals surface area contributed by atoms with Gasteiger partial charge in [0, 0.05) is 24.8 Å². The van der Waals surface area contributed by atoms with Crippen LogP contribution in [0.4, 0.5) is 5.69 Å².